The molecule has 0 unspecified atom stereocenters. The molecule has 0 spiro atoms. The third-order valence-corrected chi connectivity index (χ3v) is 1.38. The van der Waals surface area contributed by atoms with E-state index in [9.17, 15) is 0 Å². The molecule has 0 aliphatic carbocycles. The maximum absolute atomic E-state index is 5.53. The van der Waals surface area contributed by atoms with Crippen LogP contribution in [0.4, 0.5) is 0 Å². The Morgan fingerprint density at radius 2 is 2.11 bits per heavy atom. The molecular formula is C5H4Br2ClN. The summed E-state index contributed by atoms with van der Waals surface area (Å²) in [6.07, 6.45) is 1.59. The lowest BCUT2D eigenvalue weighted by molar-refractivity contribution is 1.28. The van der Waals surface area contributed by atoms with Gasteiger partial charge in [0.05, 0.1) is 5.02 Å². The maximum atomic E-state index is 5.53. The van der Waals surface area contributed by atoms with Crippen molar-refractivity contribution in [2.45, 2.75) is 0 Å². The number of rotatable bonds is 0. The van der Waals surface area contributed by atoms with Gasteiger partial charge >= 0.3 is 0 Å². The fourth-order valence-corrected chi connectivity index (χ4v) is 0.704. The van der Waals surface area contributed by atoms with Gasteiger partial charge in [-0.1, -0.05) is 11.6 Å². The summed E-state index contributed by atoms with van der Waals surface area (Å²) >= 11 is 8.70. The van der Waals surface area contributed by atoms with Crippen LogP contribution in [0.15, 0.2) is 22.9 Å². The number of aromatic nitrogens is 1. The van der Waals surface area contributed by atoms with Gasteiger partial charge in [-0.2, -0.15) is 0 Å². The van der Waals surface area contributed by atoms with Gasteiger partial charge in [0.15, 0.2) is 0 Å². The van der Waals surface area contributed by atoms with Gasteiger partial charge in [0.1, 0.15) is 4.60 Å². The summed E-state index contributed by atoms with van der Waals surface area (Å²) in [5.74, 6) is 0. The highest BCUT2D eigenvalue weighted by molar-refractivity contribution is 9.10. The van der Waals surface area contributed by atoms with Crippen LogP contribution in [0.2, 0.25) is 5.02 Å². The van der Waals surface area contributed by atoms with E-state index in [4.69, 9.17) is 11.6 Å². The molecule has 1 aromatic heterocycles. The molecule has 0 aliphatic rings. The second kappa shape index (κ2) is 4.25. The smallest absolute Gasteiger partial charge is 0.106 e. The van der Waals surface area contributed by atoms with Crippen LogP contribution < -0.4 is 0 Å². The van der Waals surface area contributed by atoms with Gasteiger partial charge in [-0.25, -0.2) is 4.98 Å². The monoisotopic (exact) mass is 271 g/mol. The van der Waals surface area contributed by atoms with Gasteiger partial charge in [0.2, 0.25) is 0 Å². The topological polar surface area (TPSA) is 12.9 Å². The SMILES string of the molecule is Br.Clc1ccc(Br)nc1. The van der Waals surface area contributed by atoms with Gasteiger partial charge in [-0.15, -0.1) is 17.0 Å². The Bertz CT molecular complexity index is 154. The zero-order chi connectivity index (χ0) is 5.98. The molecular weight excluding hydrogens is 269 g/mol. The van der Waals surface area contributed by atoms with Gasteiger partial charge in [-0.05, 0) is 28.1 Å². The lowest BCUT2D eigenvalue weighted by Gasteiger charge is -1.85. The first kappa shape index (κ1) is 9.40. The van der Waals surface area contributed by atoms with E-state index in [-0.39, 0.29) is 17.0 Å². The predicted molar refractivity (Wildman–Crippen MR) is 47.3 cm³/mol. The summed E-state index contributed by atoms with van der Waals surface area (Å²) in [5.41, 5.74) is 0. The van der Waals surface area contributed by atoms with E-state index in [0.29, 0.717) is 5.02 Å². The maximum Gasteiger partial charge on any atom is 0.106 e. The minimum atomic E-state index is 0. The Morgan fingerprint density at radius 3 is 2.44 bits per heavy atom. The van der Waals surface area contributed by atoms with Gasteiger partial charge in [0, 0.05) is 6.20 Å². The van der Waals surface area contributed by atoms with Crippen molar-refractivity contribution >= 4 is 44.5 Å². The van der Waals surface area contributed by atoms with E-state index in [2.05, 4.69) is 20.9 Å². The first-order valence-electron chi connectivity index (χ1n) is 2.06. The quantitative estimate of drug-likeness (QED) is 0.662. The molecule has 50 valence electrons. The minimum absolute atomic E-state index is 0. The van der Waals surface area contributed by atoms with Crippen LogP contribution in [0.3, 0.4) is 0 Å². The third-order valence-electron chi connectivity index (χ3n) is 0.691. The molecule has 0 aliphatic heterocycles. The second-order valence-electron chi connectivity index (χ2n) is 1.30. The van der Waals surface area contributed by atoms with Crippen LogP contribution in [-0.2, 0) is 0 Å². The van der Waals surface area contributed by atoms with Gasteiger partial charge in [0.25, 0.3) is 0 Å². The van der Waals surface area contributed by atoms with E-state index >= 15 is 0 Å². The van der Waals surface area contributed by atoms with Crippen molar-refractivity contribution in [1.82, 2.24) is 4.98 Å². The van der Waals surface area contributed by atoms with Crippen LogP contribution in [-0.4, -0.2) is 4.98 Å². The normalized spacial score (nSPS) is 8.22. The number of hydrogen-bond donors (Lipinski definition) is 0. The molecule has 0 atom stereocenters. The number of hydrogen-bond acceptors (Lipinski definition) is 1. The van der Waals surface area contributed by atoms with Crippen LogP contribution in [0, 0.1) is 0 Å². The van der Waals surface area contributed by atoms with Crippen molar-refractivity contribution in [3.8, 4) is 0 Å². The molecule has 0 saturated heterocycles. The summed E-state index contributed by atoms with van der Waals surface area (Å²) in [6, 6.07) is 3.57. The fraction of sp³-hybridized carbons (Fsp3) is 0. The second-order valence-corrected chi connectivity index (χ2v) is 2.55. The highest BCUT2D eigenvalue weighted by Crippen LogP contribution is 2.09. The van der Waals surface area contributed by atoms with Crippen molar-refractivity contribution in [2.75, 3.05) is 0 Å². The van der Waals surface area contributed by atoms with Crippen LogP contribution in [0.5, 0.6) is 0 Å². The summed E-state index contributed by atoms with van der Waals surface area (Å²) < 4.78 is 0.807. The first-order chi connectivity index (χ1) is 3.79. The van der Waals surface area contributed by atoms with E-state index in [1.165, 1.54) is 0 Å². The Morgan fingerprint density at radius 1 is 1.44 bits per heavy atom. The molecule has 9 heavy (non-hydrogen) atoms. The number of halogens is 3. The van der Waals surface area contributed by atoms with Crippen LogP contribution in [0.25, 0.3) is 0 Å². The molecule has 0 bridgehead atoms. The minimum Gasteiger partial charge on any atom is -0.248 e. The van der Waals surface area contributed by atoms with E-state index in [1.807, 2.05) is 0 Å². The average Bonchev–Trinajstić information content (AvgIpc) is 1.77. The zero-order valence-electron chi connectivity index (χ0n) is 4.34. The Hall–Kier alpha value is 0.400. The molecule has 1 nitrogen and oxygen atoms in total. The number of nitrogens with zero attached hydrogens (tertiary/aromatic N) is 1. The Balaban J connectivity index is 0.000000640. The highest BCUT2D eigenvalue weighted by atomic mass is 79.9. The molecule has 4 heteroatoms. The number of pyridine rings is 1. The molecule has 1 heterocycles. The summed E-state index contributed by atoms with van der Waals surface area (Å²) in [7, 11) is 0. The van der Waals surface area contributed by atoms with Crippen molar-refractivity contribution in [2.24, 2.45) is 0 Å². The van der Waals surface area contributed by atoms with Crippen molar-refractivity contribution < 1.29 is 0 Å². The Labute approximate surface area is 77.3 Å². The van der Waals surface area contributed by atoms with Crippen molar-refractivity contribution in [1.29, 1.82) is 0 Å². The third kappa shape index (κ3) is 3.18. The zero-order valence-corrected chi connectivity index (χ0v) is 8.40. The predicted octanol–water partition coefficient (Wildman–Crippen LogP) is 3.08. The van der Waals surface area contributed by atoms with Crippen molar-refractivity contribution in [3.63, 3.8) is 0 Å². The van der Waals surface area contributed by atoms with E-state index in [1.54, 1.807) is 18.3 Å². The lowest BCUT2D eigenvalue weighted by atomic mass is 10.5. The first-order valence-corrected chi connectivity index (χ1v) is 3.23. The standard InChI is InChI=1S/C5H3BrClN.BrH/c6-5-2-1-4(7)3-8-5;/h1-3H;1H. The fourth-order valence-electron chi connectivity index (χ4n) is 0.358. The summed E-state index contributed by atoms with van der Waals surface area (Å²) in [5, 5.41) is 0.660. The van der Waals surface area contributed by atoms with Crippen molar-refractivity contribution in [3.05, 3.63) is 28.0 Å². The largest absolute Gasteiger partial charge is 0.248 e. The molecule has 0 saturated carbocycles. The average molecular weight is 273 g/mol. The van der Waals surface area contributed by atoms with Gasteiger partial charge in [-0.3, -0.25) is 0 Å². The molecule has 0 fully saturated rings. The molecule has 1 rings (SSSR count). The summed E-state index contributed by atoms with van der Waals surface area (Å²) in [6.45, 7) is 0. The molecule has 1 aromatic rings. The molecule has 0 N–H and O–H groups in total. The summed E-state index contributed by atoms with van der Waals surface area (Å²) in [4.78, 5) is 3.86. The van der Waals surface area contributed by atoms with Crippen LogP contribution >= 0.6 is 44.5 Å². The van der Waals surface area contributed by atoms with E-state index < -0.39 is 0 Å². The Kier molecular flexibility index (Phi) is 4.44. The molecule has 0 aromatic carbocycles. The van der Waals surface area contributed by atoms with E-state index in [0.717, 1.165) is 4.60 Å². The van der Waals surface area contributed by atoms with Crippen LogP contribution in [0.1, 0.15) is 0 Å². The molecule has 0 radical (unpaired) electrons. The highest BCUT2D eigenvalue weighted by Gasteiger charge is 1.84. The lowest BCUT2D eigenvalue weighted by Crippen LogP contribution is -1.70. The molecule has 0 amide bonds. The van der Waals surface area contributed by atoms with Gasteiger partial charge < -0.3 is 0 Å².